The molecule has 3 rings (SSSR count). The van der Waals surface area contributed by atoms with Gasteiger partial charge in [0, 0.05) is 13.0 Å². The van der Waals surface area contributed by atoms with E-state index in [0.717, 1.165) is 18.4 Å². The van der Waals surface area contributed by atoms with Gasteiger partial charge in [-0.25, -0.2) is 4.79 Å². The van der Waals surface area contributed by atoms with E-state index >= 15 is 0 Å². The third-order valence-electron chi connectivity index (χ3n) is 4.94. The molecule has 2 amide bonds. The van der Waals surface area contributed by atoms with Gasteiger partial charge in [-0.2, -0.15) is 0 Å². The summed E-state index contributed by atoms with van der Waals surface area (Å²) in [7, 11) is 1.33. The van der Waals surface area contributed by atoms with Crippen molar-refractivity contribution < 1.29 is 19.1 Å². The van der Waals surface area contributed by atoms with Crippen molar-refractivity contribution in [2.24, 2.45) is 0 Å². The molecule has 9 heteroatoms. The molecule has 1 saturated heterocycles. The lowest BCUT2D eigenvalue weighted by Crippen LogP contribution is -2.29. The summed E-state index contributed by atoms with van der Waals surface area (Å²) in [6.07, 6.45) is 4.38. The van der Waals surface area contributed by atoms with Crippen LogP contribution in [0.2, 0.25) is 5.02 Å². The van der Waals surface area contributed by atoms with Gasteiger partial charge in [0.2, 0.25) is 5.91 Å². The SMILES string of the molecule is COC(=O)c1ccc(/C=C2\SC(=S)N(CCCCCC(=O)Nc3ccccc3Cl)C2=O)cc1. The first-order valence-electron chi connectivity index (χ1n) is 10.4. The Kier molecular flexibility index (Phi) is 9.05. The summed E-state index contributed by atoms with van der Waals surface area (Å²) in [5.41, 5.74) is 1.85. The van der Waals surface area contributed by atoms with Crippen LogP contribution in [0.5, 0.6) is 0 Å². The monoisotopic (exact) mass is 502 g/mol. The number of hydrogen-bond acceptors (Lipinski definition) is 6. The second kappa shape index (κ2) is 12.0. The fraction of sp³-hybridized carbons (Fsp3) is 0.250. The Bertz CT molecular complexity index is 1090. The molecule has 6 nitrogen and oxygen atoms in total. The zero-order chi connectivity index (χ0) is 23.8. The molecule has 1 aliphatic rings. The summed E-state index contributed by atoms with van der Waals surface area (Å²) < 4.78 is 5.21. The number of methoxy groups -OCH3 is 1. The number of carbonyl (C=O) groups excluding carboxylic acids is 3. The topological polar surface area (TPSA) is 75.7 Å². The van der Waals surface area contributed by atoms with Gasteiger partial charge in [-0.1, -0.05) is 66.3 Å². The second-order valence-corrected chi connectivity index (χ2v) is 9.37. The molecule has 0 aromatic heterocycles. The van der Waals surface area contributed by atoms with Crippen LogP contribution in [0.1, 0.15) is 41.6 Å². The van der Waals surface area contributed by atoms with E-state index in [-0.39, 0.29) is 11.8 Å². The van der Waals surface area contributed by atoms with Gasteiger partial charge >= 0.3 is 5.97 Å². The molecular formula is C24H23ClN2O4S2. The molecule has 0 radical (unpaired) electrons. The Labute approximate surface area is 207 Å². The number of anilines is 1. The number of halogens is 1. The number of nitrogens with one attached hydrogen (secondary N) is 1. The Hall–Kier alpha value is -2.68. The summed E-state index contributed by atoms with van der Waals surface area (Å²) in [5, 5.41) is 3.31. The molecule has 0 saturated carbocycles. The van der Waals surface area contributed by atoms with Crippen molar-refractivity contribution in [2.45, 2.75) is 25.7 Å². The van der Waals surface area contributed by atoms with Crippen molar-refractivity contribution >= 4 is 69.4 Å². The van der Waals surface area contributed by atoms with Crippen LogP contribution in [0.15, 0.2) is 53.4 Å². The third kappa shape index (κ3) is 6.90. The fourth-order valence-corrected chi connectivity index (χ4v) is 4.68. The number of para-hydroxylation sites is 1. The number of thiocarbonyl (C=S) groups is 1. The van der Waals surface area contributed by atoms with Gasteiger partial charge in [0.25, 0.3) is 5.91 Å². The number of nitrogens with zero attached hydrogens (tertiary/aromatic N) is 1. The Morgan fingerprint density at radius 3 is 2.55 bits per heavy atom. The molecule has 0 spiro atoms. The van der Waals surface area contributed by atoms with Crippen molar-refractivity contribution in [1.29, 1.82) is 0 Å². The zero-order valence-electron chi connectivity index (χ0n) is 18.0. The highest BCUT2D eigenvalue weighted by molar-refractivity contribution is 8.26. The predicted molar refractivity (Wildman–Crippen MR) is 136 cm³/mol. The molecule has 33 heavy (non-hydrogen) atoms. The van der Waals surface area contributed by atoms with Gasteiger partial charge < -0.3 is 10.1 Å². The van der Waals surface area contributed by atoms with Crippen LogP contribution >= 0.6 is 35.6 Å². The molecule has 0 atom stereocenters. The van der Waals surface area contributed by atoms with Gasteiger partial charge in [0.1, 0.15) is 4.32 Å². The molecule has 1 aliphatic heterocycles. The van der Waals surface area contributed by atoms with Gasteiger partial charge in [0.15, 0.2) is 0 Å². The van der Waals surface area contributed by atoms with E-state index in [2.05, 4.69) is 5.32 Å². The molecule has 0 unspecified atom stereocenters. The number of unbranched alkanes of at least 4 members (excludes halogenated alkanes) is 2. The van der Waals surface area contributed by atoms with E-state index in [1.165, 1.54) is 18.9 Å². The van der Waals surface area contributed by atoms with Crippen molar-refractivity contribution in [3.05, 3.63) is 69.6 Å². The van der Waals surface area contributed by atoms with Crippen LogP contribution in [0.3, 0.4) is 0 Å². The average Bonchev–Trinajstić information content (AvgIpc) is 3.07. The number of esters is 1. The predicted octanol–water partition coefficient (Wildman–Crippen LogP) is 5.53. The lowest BCUT2D eigenvalue weighted by atomic mass is 10.1. The van der Waals surface area contributed by atoms with Crippen LogP contribution < -0.4 is 5.32 Å². The number of amides is 2. The highest BCUT2D eigenvalue weighted by Crippen LogP contribution is 2.33. The highest BCUT2D eigenvalue weighted by atomic mass is 35.5. The van der Waals surface area contributed by atoms with Crippen molar-refractivity contribution in [3.8, 4) is 0 Å². The van der Waals surface area contributed by atoms with Crippen molar-refractivity contribution in [1.82, 2.24) is 4.90 Å². The molecule has 2 aromatic rings. The smallest absolute Gasteiger partial charge is 0.337 e. The molecule has 0 bridgehead atoms. The minimum absolute atomic E-state index is 0.0881. The Balaban J connectivity index is 1.44. The summed E-state index contributed by atoms with van der Waals surface area (Å²) >= 11 is 12.7. The first kappa shape index (κ1) is 25.0. The summed E-state index contributed by atoms with van der Waals surface area (Å²) in [6.45, 7) is 0.509. The van der Waals surface area contributed by atoms with E-state index in [1.807, 2.05) is 12.1 Å². The standard InChI is InChI=1S/C24H23ClN2O4S2/c1-31-23(30)17-12-10-16(11-13-17)15-20-22(29)27(24(32)33-20)14-6-2-3-9-21(28)26-19-8-5-4-7-18(19)25/h4-5,7-8,10-13,15H,2-3,6,9,14H2,1H3,(H,26,28)/b20-15-. The lowest BCUT2D eigenvalue weighted by Gasteiger charge is -2.14. The summed E-state index contributed by atoms with van der Waals surface area (Å²) in [4.78, 5) is 38.5. The molecule has 172 valence electrons. The number of thioether (sulfide) groups is 1. The molecular weight excluding hydrogens is 480 g/mol. The number of carbonyl (C=O) groups is 3. The van der Waals surface area contributed by atoms with Gasteiger partial charge in [-0.05, 0) is 48.7 Å². The number of benzene rings is 2. The molecule has 1 heterocycles. The third-order valence-corrected chi connectivity index (χ3v) is 6.64. The van der Waals surface area contributed by atoms with Gasteiger partial charge in [-0.15, -0.1) is 0 Å². The van der Waals surface area contributed by atoms with Crippen LogP contribution in [0.4, 0.5) is 5.69 Å². The maximum Gasteiger partial charge on any atom is 0.337 e. The quantitative estimate of drug-likeness (QED) is 0.210. The maximum absolute atomic E-state index is 12.7. The Morgan fingerprint density at radius 2 is 1.85 bits per heavy atom. The van der Waals surface area contributed by atoms with Crippen LogP contribution in [-0.4, -0.2) is 40.7 Å². The summed E-state index contributed by atoms with van der Waals surface area (Å²) in [5.74, 6) is -0.623. The molecule has 1 fully saturated rings. The molecule has 1 N–H and O–H groups in total. The second-order valence-electron chi connectivity index (χ2n) is 7.29. The lowest BCUT2D eigenvalue weighted by molar-refractivity contribution is -0.122. The maximum atomic E-state index is 12.7. The van der Waals surface area contributed by atoms with Gasteiger partial charge in [0.05, 0.1) is 28.3 Å². The largest absolute Gasteiger partial charge is 0.465 e. The highest BCUT2D eigenvalue weighted by Gasteiger charge is 2.31. The fourth-order valence-electron chi connectivity index (χ4n) is 3.18. The van der Waals surface area contributed by atoms with Gasteiger partial charge in [-0.3, -0.25) is 14.5 Å². The molecule has 0 aliphatic carbocycles. The average molecular weight is 503 g/mol. The van der Waals surface area contributed by atoms with Crippen LogP contribution in [0.25, 0.3) is 6.08 Å². The summed E-state index contributed by atoms with van der Waals surface area (Å²) in [6, 6.07) is 13.9. The van der Waals surface area contributed by atoms with E-state index < -0.39 is 5.97 Å². The number of ether oxygens (including phenoxy) is 1. The van der Waals surface area contributed by atoms with E-state index in [0.29, 0.717) is 44.9 Å². The van der Waals surface area contributed by atoms with Crippen LogP contribution in [-0.2, 0) is 14.3 Å². The Morgan fingerprint density at radius 1 is 1.12 bits per heavy atom. The van der Waals surface area contributed by atoms with Crippen molar-refractivity contribution in [3.63, 3.8) is 0 Å². The van der Waals surface area contributed by atoms with Crippen LogP contribution in [0, 0.1) is 0 Å². The normalized spacial score (nSPS) is 14.6. The first-order valence-corrected chi connectivity index (χ1v) is 12.0. The van der Waals surface area contributed by atoms with E-state index in [4.69, 9.17) is 28.6 Å². The first-order chi connectivity index (χ1) is 15.9. The minimum Gasteiger partial charge on any atom is -0.465 e. The van der Waals surface area contributed by atoms with E-state index in [9.17, 15) is 14.4 Å². The van der Waals surface area contributed by atoms with Crippen molar-refractivity contribution in [2.75, 3.05) is 19.0 Å². The zero-order valence-corrected chi connectivity index (χ0v) is 20.4. The number of rotatable bonds is 9. The molecule has 2 aromatic carbocycles. The number of hydrogen-bond donors (Lipinski definition) is 1. The van der Waals surface area contributed by atoms with E-state index in [1.54, 1.807) is 47.4 Å². The minimum atomic E-state index is -0.408.